The number of benzene rings is 9. The number of hydrogen-bond acceptors (Lipinski definition) is 1. The van der Waals surface area contributed by atoms with Crippen molar-refractivity contribution in [3.8, 4) is 39.1 Å². The molecule has 254 valence electrons. The molecule has 0 aliphatic carbocycles. The third-order valence-corrected chi connectivity index (χ3v) is 10.6. The van der Waals surface area contributed by atoms with Crippen molar-refractivity contribution in [1.29, 1.82) is 0 Å². The molecule has 0 aliphatic heterocycles. The number of nitrogens with zero attached hydrogens (tertiary/aromatic N) is 2. The van der Waals surface area contributed by atoms with Crippen molar-refractivity contribution >= 4 is 49.6 Å². The fraction of sp³-hybridized carbons (Fsp3) is 0. The van der Waals surface area contributed by atoms with Gasteiger partial charge in [0.05, 0.1) is 22.4 Å². The average Bonchev–Trinajstić information content (AvgIpc) is 3.60. The topological polar surface area (TPSA) is 8.17 Å². The minimum Gasteiger partial charge on any atom is -0.309 e. The fourth-order valence-electron chi connectivity index (χ4n) is 8.19. The van der Waals surface area contributed by atoms with Gasteiger partial charge in [0.25, 0.3) is 0 Å². The summed E-state index contributed by atoms with van der Waals surface area (Å²) in [7, 11) is 0. The Morgan fingerprint density at radius 2 is 0.815 bits per heavy atom. The van der Waals surface area contributed by atoms with Gasteiger partial charge in [-0.2, -0.15) is 0 Å². The first-order chi connectivity index (χ1) is 26.8. The Balaban J connectivity index is 1.17. The van der Waals surface area contributed by atoms with Crippen LogP contribution in [0.15, 0.2) is 218 Å². The second-order valence-corrected chi connectivity index (χ2v) is 13.7. The largest absolute Gasteiger partial charge is 0.309 e. The van der Waals surface area contributed by atoms with Crippen molar-refractivity contribution in [2.75, 3.05) is 4.90 Å². The van der Waals surface area contributed by atoms with Crippen molar-refractivity contribution in [3.05, 3.63) is 218 Å². The second-order valence-electron chi connectivity index (χ2n) is 13.7. The van der Waals surface area contributed by atoms with Gasteiger partial charge in [0.2, 0.25) is 0 Å². The predicted molar refractivity (Wildman–Crippen MR) is 229 cm³/mol. The van der Waals surface area contributed by atoms with Crippen LogP contribution in [0.25, 0.3) is 71.6 Å². The van der Waals surface area contributed by atoms with E-state index in [-0.39, 0.29) is 0 Å². The summed E-state index contributed by atoms with van der Waals surface area (Å²) in [6, 6.07) is 78.8. The minimum atomic E-state index is 1.11. The molecule has 54 heavy (non-hydrogen) atoms. The maximum absolute atomic E-state index is 2.44. The van der Waals surface area contributed by atoms with Gasteiger partial charge in [-0.3, -0.25) is 0 Å². The predicted octanol–water partition coefficient (Wildman–Crippen LogP) is 14.4. The first-order valence-electron chi connectivity index (χ1n) is 18.5. The number of anilines is 3. The molecule has 2 heteroatoms. The summed E-state index contributed by atoms with van der Waals surface area (Å²) < 4.78 is 2.42. The third kappa shape index (κ3) is 5.36. The molecular formula is C52H36N2. The molecule has 0 atom stereocenters. The molecule has 2 nitrogen and oxygen atoms in total. The highest BCUT2D eigenvalue weighted by atomic mass is 15.1. The van der Waals surface area contributed by atoms with Gasteiger partial charge >= 0.3 is 0 Å². The zero-order chi connectivity index (χ0) is 35.8. The molecule has 1 aromatic heterocycles. The minimum absolute atomic E-state index is 1.11. The molecule has 10 rings (SSSR count). The Hall–Kier alpha value is -7.16. The van der Waals surface area contributed by atoms with Gasteiger partial charge in [0.1, 0.15) is 0 Å². The van der Waals surface area contributed by atoms with Gasteiger partial charge in [-0.15, -0.1) is 0 Å². The highest BCUT2D eigenvalue weighted by Crippen LogP contribution is 2.47. The smallest absolute Gasteiger partial charge is 0.0562 e. The van der Waals surface area contributed by atoms with Crippen LogP contribution < -0.4 is 4.90 Å². The van der Waals surface area contributed by atoms with Gasteiger partial charge in [-0.05, 0) is 87.3 Å². The van der Waals surface area contributed by atoms with Crippen LogP contribution in [0.1, 0.15) is 0 Å². The van der Waals surface area contributed by atoms with Crippen LogP contribution in [0.3, 0.4) is 0 Å². The maximum Gasteiger partial charge on any atom is 0.0562 e. The first kappa shape index (κ1) is 31.6. The van der Waals surface area contributed by atoms with E-state index in [1.54, 1.807) is 0 Å². The van der Waals surface area contributed by atoms with E-state index in [0.29, 0.717) is 0 Å². The Bertz CT molecular complexity index is 2910. The summed E-state index contributed by atoms with van der Waals surface area (Å²) in [4.78, 5) is 2.44. The van der Waals surface area contributed by atoms with Gasteiger partial charge in [0, 0.05) is 27.5 Å². The second kappa shape index (κ2) is 13.4. The monoisotopic (exact) mass is 688 g/mol. The normalized spacial score (nSPS) is 11.3. The molecule has 0 spiro atoms. The van der Waals surface area contributed by atoms with Crippen molar-refractivity contribution < 1.29 is 0 Å². The van der Waals surface area contributed by atoms with E-state index in [1.807, 2.05) is 0 Å². The Labute approximate surface area is 315 Å². The number of para-hydroxylation sites is 2. The Kier molecular flexibility index (Phi) is 7.85. The van der Waals surface area contributed by atoms with Crippen LogP contribution in [0.2, 0.25) is 0 Å². The lowest BCUT2D eigenvalue weighted by atomic mass is 9.94. The number of aromatic nitrogens is 1. The van der Waals surface area contributed by atoms with Crippen molar-refractivity contribution in [1.82, 2.24) is 4.57 Å². The lowest BCUT2D eigenvalue weighted by Gasteiger charge is -2.28. The molecule has 0 fully saturated rings. The lowest BCUT2D eigenvalue weighted by Crippen LogP contribution is -2.11. The zero-order valence-corrected chi connectivity index (χ0v) is 29.7. The number of fused-ring (bicyclic) bond motifs is 4. The summed E-state index contributed by atoms with van der Waals surface area (Å²) in [5.74, 6) is 0. The molecule has 0 saturated carbocycles. The summed E-state index contributed by atoms with van der Waals surface area (Å²) in [5.41, 5.74) is 14.2. The van der Waals surface area contributed by atoms with Crippen LogP contribution in [0.4, 0.5) is 17.1 Å². The lowest BCUT2D eigenvalue weighted by molar-refractivity contribution is 1.18. The highest BCUT2D eigenvalue weighted by molar-refractivity contribution is 6.18. The molecular weight excluding hydrogens is 653 g/mol. The molecule has 0 saturated heterocycles. The van der Waals surface area contributed by atoms with Gasteiger partial charge in [0.15, 0.2) is 0 Å². The number of rotatable bonds is 7. The Morgan fingerprint density at radius 1 is 0.296 bits per heavy atom. The average molecular weight is 689 g/mol. The summed E-state index contributed by atoms with van der Waals surface area (Å²) in [6.07, 6.45) is 0. The summed E-state index contributed by atoms with van der Waals surface area (Å²) in [6.45, 7) is 0. The van der Waals surface area contributed by atoms with E-state index >= 15 is 0 Å². The quantitative estimate of drug-likeness (QED) is 0.162. The van der Waals surface area contributed by atoms with Crippen molar-refractivity contribution in [3.63, 3.8) is 0 Å². The fourth-order valence-corrected chi connectivity index (χ4v) is 8.19. The molecule has 0 amide bonds. The van der Waals surface area contributed by atoms with Crippen molar-refractivity contribution in [2.45, 2.75) is 0 Å². The first-order valence-corrected chi connectivity index (χ1v) is 18.5. The van der Waals surface area contributed by atoms with E-state index in [9.17, 15) is 0 Å². The van der Waals surface area contributed by atoms with E-state index < -0.39 is 0 Å². The van der Waals surface area contributed by atoms with Gasteiger partial charge in [-0.1, -0.05) is 170 Å². The molecule has 0 N–H and O–H groups in total. The molecule has 0 aliphatic rings. The molecule has 0 bridgehead atoms. The molecule has 0 radical (unpaired) electrons. The Morgan fingerprint density at radius 3 is 1.50 bits per heavy atom. The van der Waals surface area contributed by atoms with Crippen LogP contribution in [0.5, 0.6) is 0 Å². The number of hydrogen-bond donors (Lipinski definition) is 0. The zero-order valence-electron chi connectivity index (χ0n) is 29.7. The standard InChI is InChI=1S/C52H36N2/c1-4-17-37(18-5-1)42-23-10-11-24-43(42)39-31-33-41(34-32-39)54-48-28-15-14-27-47(48)52-50(29-16-30-51(52)54)53(40-21-8-3-9-22-40)49-36-35-44(38-19-6-2-7-20-38)45-25-12-13-26-46(45)49/h1-36H. The van der Waals surface area contributed by atoms with Gasteiger partial charge < -0.3 is 9.47 Å². The molecule has 0 unspecified atom stereocenters. The van der Waals surface area contributed by atoms with E-state index in [1.165, 1.54) is 60.4 Å². The SMILES string of the molecule is c1ccc(-c2ccccc2-c2ccc(-n3c4ccccc4c4c(N(c5ccccc5)c5ccc(-c6ccccc6)c6ccccc56)cccc43)cc2)cc1. The molecule has 9 aromatic carbocycles. The van der Waals surface area contributed by atoms with Crippen LogP contribution >= 0.6 is 0 Å². The van der Waals surface area contributed by atoms with E-state index in [0.717, 1.165) is 28.3 Å². The molecule has 10 aromatic rings. The summed E-state index contributed by atoms with van der Waals surface area (Å²) >= 11 is 0. The maximum atomic E-state index is 2.44. The summed E-state index contributed by atoms with van der Waals surface area (Å²) in [5, 5.41) is 4.86. The highest BCUT2D eigenvalue weighted by Gasteiger charge is 2.23. The van der Waals surface area contributed by atoms with E-state index in [4.69, 9.17) is 0 Å². The van der Waals surface area contributed by atoms with Crippen LogP contribution in [-0.2, 0) is 0 Å². The van der Waals surface area contributed by atoms with Crippen LogP contribution in [-0.4, -0.2) is 4.57 Å². The van der Waals surface area contributed by atoms with Crippen molar-refractivity contribution in [2.24, 2.45) is 0 Å². The molecule has 1 heterocycles. The van der Waals surface area contributed by atoms with Gasteiger partial charge in [-0.25, -0.2) is 0 Å². The van der Waals surface area contributed by atoms with Crippen LogP contribution in [0, 0.1) is 0 Å². The van der Waals surface area contributed by atoms with E-state index in [2.05, 4.69) is 228 Å². The third-order valence-electron chi connectivity index (χ3n) is 10.6.